The molecule has 0 bridgehead atoms. The van der Waals surface area contributed by atoms with Crippen LogP contribution >= 0.6 is 31.5 Å². The summed E-state index contributed by atoms with van der Waals surface area (Å²) in [5.41, 5.74) is 0. The molecule has 1 heterocycles. The van der Waals surface area contributed by atoms with Crippen molar-refractivity contribution < 1.29 is 23.9 Å². The fourth-order valence-electron chi connectivity index (χ4n) is 2.15. The van der Waals surface area contributed by atoms with Gasteiger partial charge < -0.3 is 20.6 Å². The van der Waals surface area contributed by atoms with Gasteiger partial charge in [-0.25, -0.2) is 0 Å². The van der Waals surface area contributed by atoms with Crippen LogP contribution in [0, 0.1) is 5.92 Å². The van der Waals surface area contributed by atoms with E-state index in [2.05, 4.69) is 47.4 Å². The van der Waals surface area contributed by atoms with E-state index in [0.29, 0.717) is 6.61 Å². The lowest BCUT2D eigenvalue weighted by molar-refractivity contribution is -0.137. The van der Waals surface area contributed by atoms with Gasteiger partial charge >= 0.3 is 4.42 Å². The molecule has 4 atom stereocenters. The summed E-state index contributed by atoms with van der Waals surface area (Å²) in [6, 6.07) is -0.332. The molecule has 1 aliphatic heterocycles. The Labute approximate surface area is 183 Å². The normalized spacial score (nSPS) is 18.3. The molecule has 160 valence electrons. The van der Waals surface area contributed by atoms with Gasteiger partial charge in [0.05, 0.1) is 18.6 Å². The van der Waals surface area contributed by atoms with Crippen LogP contribution < -0.4 is 15.9 Å². The van der Waals surface area contributed by atoms with E-state index in [4.69, 9.17) is 4.74 Å². The largest absolute Gasteiger partial charge is 0.369 e. The lowest BCUT2D eigenvalue weighted by atomic mass is 10.2. The second-order valence-electron chi connectivity index (χ2n) is 6.61. The van der Waals surface area contributed by atoms with E-state index in [1.165, 1.54) is 11.9 Å². The Morgan fingerprint density at radius 3 is 2.18 bits per heavy atom. The number of nitrogens with zero attached hydrogens (tertiary/aromatic N) is 1. The lowest BCUT2D eigenvalue weighted by Crippen LogP contribution is -2.49. The zero-order chi connectivity index (χ0) is 22.0. The van der Waals surface area contributed by atoms with Crippen molar-refractivity contribution in [3.05, 3.63) is 0 Å². The first-order valence-corrected chi connectivity index (χ1v) is 11.0. The average molecular weight is 528 g/mol. The molecule has 0 aromatic heterocycles. The molecule has 0 aromatic rings. The molecule has 0 aliphatic carbocycles. The van der Waals surface area contributed by atoms with Crippen LogP contribution in [-0.2, 0) is 23.9 Å². The van der Waals surface area contributed by atoms with Gasteiger partial charge in [-0.1, -0.05) is 13.8 Å². The van der Waals surface area contributed by atoms with Crippen molar-refractivity contribution in [3.8, 4) is 0 Å². The molecular weight excluding hydrogens is 497 g/mol. The molecule has 4 amide bonds. The van der Waals surface area contributed by atoms with Gasteiger partial charge in [-0.2, -0.15) is 0 Å². The maximum absolute atomic E-state index is 11.5. The first kappa shape index (κ1) is 27.2. The van der Waals surface area contributed by atoms with Crippen molar-refractivity contribution in [2.75, 3.05) is 13.7 Å². The Morgan fingerprint density at radius 2 is 1.79 bits per heavy atom. The number of ether oxygens (including phenoxy) is 1. The number of likely N-dealkylation sites (N-methyl/N-ethyl adjacent to an activating group) is 1. The number of likely N-dealkylation sites (tertiary alicyclic amines) is 1. The standard InChI is InChI=1S/C11H22N2O3.C5H9BIN2O2P/c1-6-16-8(4)11(15)13-9(5)12-10(14)7(2)3;1-9-4(10)2-3(5(9)11)8-6(7)12/h7-9H,6H2,1-5H3,(H,12,14)(H,13,15);3,8H,2,12H2,1H3. The van der Waals surface area contributed by atoms with Gasteiger partial charge in [0.25, 0.3) is 0 Å². The molecule has 1 fully saturated rings. The molecule has 3 N–H and O–H groups in total. The Kier molecular flexibility index (Phi) is 13.1. The van der Waals surface area contributed by atoms with E-state index in [0.717, 1.165) is 0 Å². The van der Waals surface area contributed by atoms with Gasteiger partial charge in [0.15, 0.2) is 0 Å². The third-order valence-corrected chi connectivity index (χ3v) is 4.32. The van der Waals surface area contributed by atoms with E-state index >= 15 is 0 Å². The van der Waals surface area contributed by atoms with Crippen molar-refractivity contribution in [1.29, 1.82) is 0 Å². The summed E-state index contributed by atoms with van der Waals surface area (Å²) in [5.74, 6) is -0.650. The highest BCUT2D eigenvalue weighted by molar-refractivity contribution is 14.1. The zero-order valence-corrected chi connectivity index (χ0v) is 20.6. The van der Waals surface area contributed by atoms with Crippen LogP contribution in [0.5, 0.6) is 0 Å². The maximum atomic E-state index is 11.5. The van der Waals surface area contributed by atoms with Crippen LogP contribution in [0.1, 0.15) is 41.0 Å². The molecule has 9 nitrogen and oxygen atoms in total. The third kappa shape index (κ3) is 10.1. The van der Waals surface area contributed by atoms with Crippen molar-refractivity contribution in [3.63, 3.8) is 0 Å². The predicted octanol–water partition coefficient (Wildman–Crippen LogP) is 0.274. The van der Waals surface area contributed by atoms with Gasteiger partial charge in [0, 0.05) is 19.6 Å². The molecule has 0 spiro atoms. The van der Waals surface area contributed by atoms with Gasteiger partial charge in [0.2, 0.25) is 23.6 Å². The maximum Gasteiger partial charge on any atom is 0.317 e. The highest BCUT2D eigenvalue weighted by atomic mass is 127. The summed E-state index contributed by atoms with van der Waals surface area (Å²) in [6.45, 7) is 9.31. The molecule has 0 saturated carbocycles. The lowest BCUT2D eigenvalue weighted by Gasteiger charge is -2.19. The molecule has 1 saturated heterocycles. The minimum atomic E-state index is -0.497. The summed E-state index contributed by atoms with van der Waals surface area (Å²) in [7, 11) is 4.03. The summed E-state index contributed by atoms with van der Waals surface area (Å²) in [5, 5.41) is 8.32. The second kappa shape index (κ2) is 13.4. The molecule has 1 rings (SSSR count). The molecule has 1 aliphatic rings. The molecule has 0 aromatic carbocycles. The summed E-state index contributed by atoms with van der Waals surface area (Å²) >= 11 is 2.13. The summed E-state index contributed by atoms with van der Waals surface area (Å²) < 4.78 is 5.25. The van der Waals surface area contributed by atoms with Crippen LogP contribution in [0.4, 0.5) is 0 Å². The number of hydrogen-bond donors (Lipinski definition) is 3. The molecule has 28 heavy (non-hydrogen) atoms. The zero-order valence-electron chi connectivity index (χ0n) is 17.2. The SMILES string of the molecule is CCOC(C)C(=O)NC(C)NC(=O)C(C)C.CN1C(=O)CC(NB(P)I)C1=O. The molecule has 4 unspecified atom stereocenters. The van der Waals surface area contributed by atoms with Crippen LogP contribution in [0.25, 0.3) is 0 Å². The highest BCUT2D eigenvalue weighted by Gasteiger charge is 2.36. The Hall–Kier alpha value is -0.775. The van der Waals surface area contributed by atoms with E-state index < -0.39 is 6.10 Å². The molecular formula is C16H31BIN4O5P. The van der Waals surface area contributed by atoms with Gasteiger partial charge in [-0.15, -0.1) is 31.5 Å². The third-order valence-electron chi connectivity index (χ3n) is 3.77. The Morgan fingerprint density at radius 1 is 1.25 bits per heavy atom. The number of carbonyl (C=O) groups excluding carboxylic acids is 4. The van der Waals surface area contributed by atoms with Gasteiger partial charge in [-0.05, 0) is 20.8 Å². The minimum absolute atomic E-state index is 0.0862. The van der Waals surface area contributed by atoms with E-state index in [1.54, 1.807) is 27.7 Å². The number of hydrogen-bond acceptors (Lipinski definition) is 6. The topological polar surface area (TPSA) is 117 Å². The van der Waals surface area contributed by atoms with Crippen molar-refractivity contribution in [2.45, 2.75) is 59.4 Å². The van der Waals surface area contributed by atoms with Crippen molar-refractivity contribution in [1.82, 2.24) is 20.8 Å². The first-order valence-electron chi connectivity index (χ1n) is 9.09. The predicted molar refractivity (Wildman–Crippen MR) is 120 cm³/mol. The van der Waals surface area contributed by atoms with E-state index in [-0.39, 0.29) is 52.6 Å². The van der Waals surface area contributed by atoms with Crippen LogP contribution in [0.3, 0.4) is 0 Å². The number of halogens is 1. The van der Waals surface area contributed by atoms with Crippen molar-refractivity contribution >= 4 is 59.5 Å². The first-order chi connectivity index (χ1) is 12.9. The van der Waals surface area contributed by atoms with Gasteiger partial charge in [-0.3, -0.25) is 24.1 Å². The average Bonchev–Trinajstić information content (AvgIpc) is 2.81. The Balaban J connectivity index is 0.000000540. The number of carbonyl (C=O) groups is 4. The van der Waals surface area contributed by atoms with E-state index in [9.17, 15) is 19.2 Å². The highest BCUT2D eigenvalue weighted by Crippen LogP contribution is 2.13. The minimum Gasteiger partial charge on any atom is -0.369 e. The number of nitrogens with one attached hydrogen (secondary N) is 3. The summed E-state index contributed by atoms with van der Waals surface area (Å²) in [4.78, 5) is 46.3. The van der Waals surface area contributed by atoms with Gasteiger partial charge in [0.1, 0.15) is 6.10 Å². The fraction of sp³-hybridized carbons (Fsp3) is 0.750. The number of imide groups is 1. The monoisotopic (exact) mass is 528 g/mol. The Bertz CT molecular complexity index is 567. The quantitative estimate of drug-likeness (QED) is 0.137. The van der Waals surface area contributed by atoms with Crippen molar-refractivity contribution in [2.24, 2.45) is 5.92 Å². The second-order valence-corrected chi connectivity index (χ2v) is 9.97. The smallest absolute Gasteiger partial charge is 0.317 e. The fourth-order valence-corrected chi connectivity index (χ4v) is 2.82. The van der Waals surface area contributed by atoms with Crippen LogP contribution in [0.2, 0.25) is 0 Å². The molecule has 12 heteroatoms. The van der Waals surface area contributed by atoms with Crippen LogP contribution in [-0.4, -0.2) is 64.9 Å². The molecule has 0 radical (unpaired) electrons. The van der Waals surface area contributed by atoms with E-state index in [1.807, 2.05) is 6.92 Å². The number of amides is 4. The number of rotatable bonds is 8. The van der Waals surface area contributed by atoms with Crippen LogP contribution in [0.15, 0.2) is 0 Å². The summed E-state index contributed by atoms with van der Waals surface area (Å²) in [6.07, 6.45) is -0.600.